The van der Waals surface area contributed by atoms with Crippen molar-refractivity contribution in [2.24, 2.45) is 0 Å². The van der Waals surface area contributed by atoms with Gasteiger partial charge in [-0.2, -0.15) is 0 Å². The van der Waals surface area contributed by atoms with Crippen LogP contribution in [0, 0.1) is 0 Å². The maximum absolute atomic E-state index is 10.7. The normalized spacial score (nSPS) is 13.4. The third kappa shape index (κ3) is 2.72. The number of ether oxygens (including phenoxy) is 2. The van der Waals surface area contributed by atoms with Gasteiger partial charge in [0.15, 0.2) is 11.5 Å². The highest BCUT2D eigenvalue weighted by Crippen LogP contribution is 2.34. The summed E-state index contributed by atoms with van der Waals surface area (Å²) >= 11 is 1.45. The maximum Gasteiger partial charge on any atom is 0.309 e. The largest absolute Gasteiger partial charge is 0.486 e. The number of rotatable bonds is 4. The Kier molecular flexibility index (Phi) is 3.38. The van der Waals surface area contributed by atoms with Crippen molar-refractivity contribution >= 4 is 28.3 Å². The molecule has 1 aliphatic heterocycles. The van der Waals surface area contributed by atoms with Crippen molar-refractivity contribution in [2.75, 3.05) is 13.2 Å². The molecule has 0 fully saturated rings. The van der Waals surface area contributed by atoms with Crippen molar-refractivity contribution < 1.29 is 19.4 Å². The lowest BCUT2D eigenvalue weighted by atomic mass is 10.2. The molecule has 118 valence electrons. The number of hydrogen-bond acceptors (Lipinski definition) is 6. The summed E-state index contributed by atoms with van der Waals surface area (Å²) < 4.78 is 13.1. The van der Waals surface area contributed by atoms with Gasteiger partial charge in [-0.05, 0) is 0 Å². The third-order valence-corrected chi connectivity index (χ3v) is 4.40. The Morgan fingerprint density at radius 1 is 1.30 bits per heavy atom. The Morgan fingerprint density at radius 2 is 2.09 bits per heavy atom. The molecule has 0 spiro atoms. The Hall–Kier alpha value is -2.61. The van der Waals surface area contributed by atoms with E-state index in [1.807, 2.05) is 16.7 Å². The van der Waals surface area contributed by atoms with Gasteiger partial charge in [-0.1, -0.05) is 0 Å². The maximum atomic E-state index is 10.7. The molecule has 2 aromatic heterocycles. The topological polar surface area (TPSA) is 86.5 Å². The van der Waals surface area contributed by atoms with Crippen LogP contribution in [0.3, 0.4) is 0 Å². The molecule has 1 N–H and O–H groups in total. The fourth-order valence-electron chi connectivity index (χ4n) is 2.52. The van der Waals surface area contributed by atoms with Crippen molar-refractivity contribution in [3.05, 3.63) is 34.5 Å². The molecule has 0 aliphatic carbocycles. The molecule has 0 saturated heterocycles. The predicted octanol–water partition coefficient (Wildman–Crippen LogP) is 1.94. The number of benzene rings is 1. The van der Waals surface area contributed by atoms with Gasteiger partial charge in [0.1, 0.15) is 18.2 Å². The molecule has 1 aromatic carbocycles. The molecule has 0 atom stereocenters. The molecule has 3 aromatic rings. The molecule has 1 aliphatic rings. The number of aromatic nitrogens is 3. The fourth-order valence-corrected chi connectivity index (χ4v) is 3.32. The van der Waals surface area contributed by atoms with E-state index in [1.165, 1.54) is 11.3 Å². The van der Waals surface area contributed by atoms with Gasteiger partial charge in [0.05, 0.1) is 36.0 Å². The molecule has 7 nitrogen and oxygen atoms in total. The second kappa shape index (κ2) is 5.54. The van der Waals surface area contributed by atoms with E-state index in [2.05, 4.69) is 9.97 Å². The molecule has 0 radical (unpaired) electrons. The van der Waals surface area contributed by atoms with Gasteiger partial charge in [-0.15, -0.1) is 11.3 Å². The third-order valence-electron chi connectivity index (χ3n) is 3.52. The average molecular weight is 331 g/mol. The summed E-state index contributed by atoms with van der Waals surface area (Å²) in [6.07, 6.45) is 1.69. The molecule has 0 amide bonds. The number of hydrogen-bond donors (Lipinski definition) is 1. The molecule has 8 heteroatoms. The van der Waals surface area contributed by atoms with Gasteiger partial charge in [-0.25, -0.2) is 9.97 Å². The zero-order chi connectivity index (χ0) is 15.8. The number of carboxylic acids is 1. The SMILES string of the molecule is O=C(O)Cc1csc(Cn2cnc3cc4c(cc32)OCCO4)n1. The van der Waals surface area contributed by atoms with E-state index in [9.17, 15) is 4.79 Å². The van der Waals surface area contributed by atoms with Crippen LogP contribution in [0.25, 0.3) is 11.0 Å². The predicted molar refractivity (Wildman–Crippen MR) is 83.3 cm³/mol. The van der Waals surface area contributed by atoms with Crippen LogP contribution in [0.4, 0.5) is 0 Å². The first-order valence-electron chi connectivity index (χ1n) is 7.08. The molecule has 0 unspecified atom stereocenters. The first-order valence-corrected chi connectivity index (χ1v) is 7.96. The molecule has 0 bridgehead atoms. The lowest BCUT2D eigenvalue weighted by Gasteiger charge is -2.18. The van der Waals surface area contributed by atoms with Crippen molar-refractivity contribution in [1.29, 1.82) is 0 Å². The van der Waals surface area contributed by atoms with Gasteiger partial charge in [-0.3, -0.25) is 4.79 Å². The lowest BCUT2D eigenvalue weighted by molar-refractivity contribution is -0.136. The Balaban J connectivity index is 1.64. The summed E-state index contributed by atoms with van der Waals surface area (Å²) in [5, 5.41) is 11.4. The van der Waals surface area contributed by atoms with Gasteiger partial charge in [0.25, 0.3) is 0 Å². The molecular formula is C15H13N3O4S. The minimum atomic E-state index is -0.876. The van der Waals surface area contributed by atoms with Gasteiger partial charge >= 0.3 is 5.97 Å². The highest BCUT2D eigenvalue weighted by Gasteiger charge is 2.16. The molecule has 0 saturated carbocycles. The van der Waals surface area contributed by atoms with Crippen LogP contribution in [0.15, 0.2) is 23.8 Å². The van der Waals surface area contributed by atoms with E-state index in [-0.39, 0.29) is 6.42 Å². The van der Waals surface area contributed by atoms with Gasteiger partial charge < -0.3 is 19.1 Å². The summed E-state index contributed by atoms with van der Waals surface area (Å²) in [4.78, 5) is 19.5. The number of thiazole rings is 1. The summed E-state index contributed by atoms with van der Waals surface area (Å²) in [7, 11) is 0. The van der Waals surface area contributed by atoms with Crippen LogP contribution in [-0.2, 0) is 17.8 Å². The monoisotopic (exact) mass is 331 g/mol. The Morgan fingerprint density at radius 3 is 2.87 bits per heavy atom. The van der Waals surface area contributed by atoms with E-state index in [4.69, 9.17) is 14.6 Å². The fraction of sp³-hybridized carbons (Fsp3) is 0.267. The number of fused-ring (bicyclic) bond motifs is 2. The number of aliphatic carboxylic acids is 1. The minimum Gasteiger partial charge on any atom is -0.486 e. The number of imidazole rings is 1. The number of carboxylic acid groups (broad SMARTS) is 1. The number of nitrogens with zero attached hydrogens (tertiary/aromatic N) is 3. The van der Waals surface area contributed by atoms with Crippen molar-refractivity contribution in [3.8, 4) is 11.5 Å². The van der Waals surface area contributed by atoms with Crippen LogP contribution in [0.1, 0.15) is 10.7 Å². The highest BCUT2D eigenvalue weighted by molar-refractivity contribution is 7.09. The van der Waals surface area contributed by atoms with Crippen LogP contribution in [-0.4, -0.2) is 38.8 Å². The van der Waals surface area contributed by atoms with Crippen LogP contribution in [0.2, 0.25) is 0 Å². The summed E-state index contributed by atoms with van der Waals surface area (Å²) in [6, 6.07) is 3.79. The van der Waals surface area contributed by atoms with Crippen LogP contribution in [0.5, 0.6) is 11.5 Å². The van der Waals surface area contributed by atoms with Gasteiger partial charge in [0.2, 0.25) is 0 Å². The zero-order valence-electron chi connectivity index (χ0n) is 12.1. The van der Waals surface area contributed by atoms with Gasteiger partial charge in [0, 0.05) is 17.5 Å². The van der Waals surface area contributed by atoms with Crippen molar-refractivity contribution in [2.45, 2.75) is 13.0 Å². The lowest BCUT2D eigenvalue weighted by Crippen LogP contribution is -2.15. The highest BCUT2D eigenvalue weighted by atomic mass is 32.1. The summed E-state index contributed by atoms with van der Waals surface area (Å²) in [6.45, 7) is 1.63. The minimum absolute atomic E-state index is 0.0557. The quantitative estimate of drug-likeness (QED) is 0.786. The summed E-state index contributed by atoms with van der Waals surface area (Å²) in [5.74, 6) is 0.557. The second-order valence-electron chi connectivity index (χ2n) is 5.16. The van der Waals surface area contributed by atoms with E-state index in [0.717, 1.165) is 21.8 Å². The van der Waals surface area contributed by atoms with Crippen LogP contribution >= 0.6 is 11.3 Å². The number of carbonyl (C=O) groups is 1. The Labute approximate surface area is 135 Å². The molecule has 4 rings (SSSR count). The van der Waals surface area contributed by atoms with E-state index < -0.39 is 5.97 Å². The molecule has 23 heavy (non-hydrogen) atoms. The van der Waals surface area contributed by atoms with E-state index in [1.54, 1.807) is 11.7 Å². The van der Waals surface area contributed by atoms with E-state index >= 15 is 0 Å². The van der Waals surface area contributed by atoms with Crippen molar-refractivity contribution in [1.82, 2.24) is 14.5 Å². The smallest absolute Gasteiger partial charge is 0.309 e. The Bertz CT molecular complexity index is 886. The first-order chi connectivity index (χ1) is 11.2. The second-order valence-corrected chi connectivity index (χ2v) is 6.10. The van der Waals surface area contributed by atoms with E-state index in [0.29, 0.717) is 31.2 Å². The van der Waals surface area contributed by atoms with Crippen LogP contribution < -0.4 is 9.47 Å². The molecular weight excluding hydrogens is 318 g/mol. The summed E-state index contributed by atoms with van der Waals surface area (Å²) in [5.41, 5.74) is 2.34. The van der Waals surface area contributed by atoms with Crippen molar-refractivity contribution in [3.63, 3.8) is 0 Å². The zero-order valence-corrected chi connectivity index (χ0v) is 12.9. The standard InChI is InChI=1S/C15H13N3O4S/c19-15(20)3-9-7-23-14(17-9)6-18-8-16-10-4-12-13(5-11(10)18)22-2-1-21-12/h4-5,7-8H,1-3,6H2,(H,19,20). The average Bonchev–Trinajstić information content (AvgIpc) is 3.12. The molecule has 3 heterocycles. The first kappa shape index (κ1) is 14.0.